The van der Waals surface area contributed by atoms with Crippen molar-refractivity contribution in [3.8, 4) is 0 Å². The van der Waals surface area contributed by atoms with Crippen LogP contribution < -0.4 is 0 Å². The molecule has 0 saturated carbocycles. The quantitative estimate of drug-likeness (QED) is 0.197. The lowest BCUT2D eigenvalue weighted by molar-refractivity contribution is -0.236. The third-order valence-electron chi connectivity index (χ3n) is 4.53. The second-order valence-corrected chi connectivity index (χ2v) is 6.72. The molecule has 0 amide bonds. The van der Waals surface area contributed by atoms with Crippen LogP contribution in [0.3, 0.4) is 0 Å². The van der Waals surface area contributed by atoms with E-state index >= 15 is 0 Å². The second kappa shape index (κ2) is 14.0. The normalized spacial score (nSPS) is 11.7. The molecule has 0 spiro atoms. The van der Waals surface area contributed by atoms with E-state index in [4.69, 9.17) is 14.2 Å². The Kier molecular flexibility index (Phi) is 12.3. The minimum Gasteiger partial charge on any atom is -0.371 e. The molecule has 1 aromatic rings. The molecule has 148 valence electrons. The van der Waals surface area contributed by atoms with Gasteiger partial charge in [0.2, 0.25) is 5.79 Å². The Morgan fingerprint density at radius 1 is 0.885 bits per heavy atom. The highest BCUT2D eigenvalue weighted by Crippen LogP contribution is 2.28. The third kappa shape index (κ3) is 8.48. The van der Waals surface area contributed by atoms with Crippen molar-refractivity contribution in [2.24, 2.45) is 0 Å². The summed E-state index contributed by atoms with van der Waals surface area (Å²) in [5.41, 5.74) is 2.14. The predicted molar refractivity (Wildman–Crippen MR) is 109 cm³/mol. The van der Waals surface area contributed by atoms with E-state index in [9.17, 15) is 0 Å². The summed E-state index contributed by atoms with van der Waals surface area (Å²) in [5, 5.41) is 0. The summed E-state index contributed by atoms with van der Waals surface area (Å²) in [7, 11) is 0. The van der Waals surface area contributed by atoms with E-state index in [0.29, 0.717) is 26.4 Å². The third-order valence-corrected chi connectivity index (χ3v) is 4.53. The SMILES string of the molecule is C=C(CCCCCCCC)C(COCc1ccccc1)(OCC)OCC. The molecule has 0 unspecified atom stereocenters. The molecule has 0 bridgehead atoms. The average molecular weight is 363 g/mol. The van der Waals surface area contributed by atoms with Gasteiger partial charge in [0.25, 0.3) is 0 Å². The molecule has 0 aliphatic carbocycles. The van der Waals surface area contributed by atoms with Crippen molar-refractivity contribution >= 4 is 0 Å². The van der Waals surface area contributed by atoms with Crippen LogP contribution in [0.25, 0.3) is 0 Å². The maximum atomic E-state index is 6.02. The Balaban J connectivity index is 2.55. The van der Waals surface area contributed by atoms with Crippen LogP contribution in [0.4, 0.5) is 0 Å². The maximum absolute atomic E-state index is 6.02. The number of unbranched alkanes of at least 4 members (excludes halogenated alkanes) is 5. The molecule has 0 aliphatic rings. The molecule has 0 saturated heterocycles. The van der Waals surface area contributed by atoms with Crippen molar-refractivity contribution in [2.45, 2.75) is 78.1 Å². The molecule has 26 heavy (non-hydrogen) atoms. The van der Waals surface area contributed by atoms with Gasteiger partial charge in [-0.15, -0.1) is 0 Å². The smallest absolute Gasteiger partial charge is 0.214 e. The van der Waals surface area contributed by atoms with Crippen molar-refractivity contribution < 1.29 is 14.2 Å². The number of benzene rings is 1. The molecule has 0 N–H and O–H groups in total. The first kappa shape index (κ1) is 22.9. The van der Waals surface area contributed by atoms with E-state index in [1.807, 2.05) is 32.0 Å². The molecule has 0 atom stereocenters. The fourth-order valence-electron chi connectivity index (χ4n) is 3.08. The lowest BCUT2D eigenvalue weighted by atomic mass is 10.00. The van der Waals surface area contributed by atoms with Gasteiger partial charge in [-0.3, -0.25) is 0 Å². The first-order valence-electron chi connectivity index (χ1n) is 10.3. The van der Waals surface area contributed by atoms with Gasteiger partial charge in [-0.1, -0.05) is 75.9 Å². The van der Waals surface area contributed by atoms with Crippen molar-refractivity contribution in [2.75, 3.05) is 19.8 Å². The number of ether oxygens (including phenoxy) is 3. The molecule has 0 fully saturated rings. The van der Waals surface area contributed by atoms with Gasteiger partial charge < -0.3 is 14.2 Å². The second-order valence-electron chi connectivity index (χ2n) is 6.72. The van der Waals surface area contributed by atoms with Crippen LogP contribution in [0.2, 0.25) is 0 Å². The Bertz CT molecular complexity index is 464. The Hall–Kier alpha value is -1.16. The van der Waals surface area contributed by atoms with Crippen molar-refractivity contribution in [3.63, 3.8) is 0 Å². The van der Waals surface area contributed by atoms with Crippen LogP contribution in [0.15, 0.2) is 42.5 Å². The lowest BCUT2D eigenvalue weighted by Crippen LogP contribution is -2.43. The molecular formula is C23H38O3. The zero-order valence-corrected chi connectivity index (χ0v) is 17.1. The zero-order valence-electron chi connectivity index (χ0n) is 17.1. The first-order chi connectivity index (χ1) is 12.7. The summed E-state index contributed by atoms with van der Waals surface area (Å²) in [6.07, 6.45) is 8.51. The molecule has 3 heteroatoms. The molecule has 1 aromatic carbocycles. The first-order valence-corrected chi connectivity index (χ1v) is 10.3. The van der Waals surface area contributed by atoms with Gasteiger partial charge in [-0.05, 0) is 37.8 Å². The lowest BCUT2D eigenvalue weighted by Gasteiger charge is -2.35. The highest BCUT2D eigenvalue weighted by Gasteiger charge is 2.35. The standard InChI is InChI=1S/C23H38O3/c1-5-8-9-10-11-13-16-21(4)23(25-6-2,26-7-3)20-24-19-22-17-14-12-15-18-22/h12,14-15,17-18H,4-11,13,16,19-20H2,1-3H3. The van der Waals surface area contributed by atoms with Crippen molar-refractivity contribution in [3.05, 3.63) is 48.0 Å². The Morgan fingerprint density at radius 3 is 2.12 bits per heavy atom. The summed E-state index contributed by atoms with van der Waals surface area (Å²) < 4.78 is 18.0. The summed E-state index contributed by atoms with van der Waals surface area (Å²) in [4.78, 5) is 0. The number of hydrogen-bond acceptors (Lipinski definition) is 3. The van der Waals surface area contributed by atoms with Gasteiger partial charge in [0.05, 0.1) is 6.61 Å². The molecule has 3 nitrogen and oxygen atoms in total. The van der Waals surface area contributed by atoms with Crippen molar-refractivity contribution in [1.29, 1.82) is 0 Å². The van der Waals surface area contributed by atoms with Crippen LogP contribution in [-0.2, 0) is 20.8 Å². The average Bonchev–Trinajstić information content (AvgIpc) is 2.65. The van der Waals surface area contributed by atoms with Crippen LogP contribution in [0.5, 0.6) is 0 Å². The Labute approximate surface area is 160 Å². The van der Waals surface area contributed by atoms with Crippen LogP contribution in [-0.4, -0.2) is 25.6 Å². The summed E-state index contributed by atoms with van der Waals surface area (Å²) >= 11 is 0. The summed E-state index contributed by atoms with van der Waals surface area (Å²) in [6.45, 7) is 12.6. The van der Waals surface area contributed by atoms with Gasteiger partial charge in [0, 0.05) is 13.2 Å². The van der Waals surface area contributed by atoms with Gasteiger partial charge in [-0.2, -0.15) is 0 Å². The fraction of sp³-hybridized carbons (Fsp3) is 0.652. The largest absolute Gasteiger partial charge is 0.371 e. The molecule has 0 radical (unpaired) electrons. The summed E-state index contributed by atoms with van der Waals surface area (Å²) in [5.74, 6) is -0.832. The van der Waals surface area contributed by atoms with E-state index < -0.39 is 5.79 Å². The van der Waals surface area contributed by atoms with Crippen LogP contribution >= 0.6 is 0 Å². The molecular weight excluding hydrogens is 324 g/mol. The molecule has 0 heterocycles. The fourth-order valence-corrected chi connectivity index (χ4v) is 3.08. The van der Waals surface area contributed by atoms with E-state index in [-0.39, 0.29) is 0 Å². The predicted octanol–water partition coefficient (Wildman–Crippen LogP) is 6.28. The Morgan fingerprint density at radius 2 is 1.50 bits per heavy atom. The number of rotatable bonds is 16. The minimum atomic E-state index is -0.832. The van der Waals surface area contributed by atoms with E-state index in [0.717, 1.165) is 24.0 Å². The molecule has 1 rings (SSSR count). The van der Waals surface area contributed by atoms with Gasteiger partial charge >= 0.3 is 0 Å². The zero-order chi connectivity index (χ0) is 19.1. The van der Waals surface area contributed by atoms with E-state index in [2.05, 4.69) is 25.6 Å². The highest BCUT2D eigenvalue weighted by molar-refractivity contribution is 5.14. The minimum absolute atomic E-state index is 0.373. The van der Waals surface area contributed by atoms with Crippen LogP contribution in [0, 0.1) is 0 Å². The maximum Gasteiger partial charge on any atom is 0.214 e. The highest BCUT2D eigenvalue weighted by atomic mass is 16.7. The van der Waals surface area contributed by atoms with E-state index in [1.165, 1.54) is 32.1 Å². The van der Waals surface area contributed by atoms with Crippen molar-refractivity contribution in [1.82, 2.24) is 0 Å². The molecule has 0 aliphatic heterocycles. The number of hydrogen-bond donors (Lipinski definition) is 0. The van der Waals surface area contributed by atoms with Gasteiger partial charge in [0.15, 0.2) is 0 Å². The van der Waals surface area contributed by atoms with Crippen LogP contribution in [0.1, 0.15) is 71.3 Å². The van der Waals surface area contributed by atoms with E-state index in [1.54, 1.807) is 0 Å². The molecule has 0 aromatic heterocycles. The van der Waals surface area contributed by atoms with Gasteiger partial charge in [-0.25, -0.2) is 0 Å². The monoisotopic (exact) mass is 362 g/mol. The topological polar surface area (TPSA) is 27.7 Å². The summed E-state index contributed by atoms with van der Waals surface area (Å²) in [6, 6.07) is 10.2. The van der Waals surface area contributed by atoms with Gasteiger partial charge in [0.1, 0.15) is 6.61 Å².